The number of aromatic nitrogens is 2. The zero-order valence-electron chi connectivity index (χ0n) is 17.2. The molecule has 2 N–H and O–H groups in total. The van der Waals surface area contributed by atoms with E-state index in [2.05, 4.69) is 27.9 Å². The van der Waals surface area contributed by atoms with Gasteiger partial charge in [-0.2, -0.15) is 5.10 Å². The molecule has 30 heavy (non-hydrogen) atoms. The summed E-state index contributed by atoms with van der Waals surface area (Å²) in [4.78, 5) is 24.0. The summed E-state index contributed by atoms with van der Waals surface area (Å²) in [5, 5.41) is 9.99. The lowest BCUT2D eigenvalue weighted by molar-refractivity contribution is -0.127. The summed E-state index contributed by atoms with van der Waals surface area (Å²) >= 11 is 0. The molecule has 0 spiro atoms. The van der Waals surface area contributed by atoms with E-state index in [0.717, 1.165) is 17.0 Å². The van der Waals surface area contributed by atoms with E-state index in [-0.39, 0.29) is 25.0 Å². The van der Waals surface area contributed by atoms with Crippen LogP contribution in [0.1, 0.15) is 22.5 Å². The van der Waals surface area contributed by atoms with E-state index in [1.54, 1.807) is 12.1 Å². The third-order valence-electron chi connectivity index (χ3n) is 4.73. The van der Waals surface area contributed by atoms with Crippen LogP contribution < -0.4 is 15.4 Å². The summed E-state index contributed by atoms with van der Waals surface area (Å²) in [7, 11) is 0. The highest BCUT2D eigenvalue weighted by atomic mass is 16.5. The van der Waals surface area contributed by atoms with Gasteiger partial charge in [-0.1, -0.05) is 48.5 Å². The van der Waals surface area contributed by atoms with Crippen LogP contribution in [0.15, 0.2) is 60.7 Å². The number of nitrogens with one attached hydrogen (secondary N) is 2. The third-order valence-corrected chi connectivity index (χ3v) is 4.73. The number of carbonyl (C=O) groups is 2. The number of carbonyl (C=O) groups excluding carboxylic acids is 2. The molecule has 2 amide bonds. The second-order valence-electron chi connectivity index (χ2n) is 6.95. The van der Waals surface area contributed by atoms with Crippen LogP contribution in [0.2, 0.25) is 0 Å². The Balaban J connectivity index is 1.44. The first-order valence-corrected chi connectivity index (χ1v) is 9.81. The molecule has 0 aliphatic carbocycles. The Hall–Kier alpha value is -3.61. The van der Waals surface area contributed by atoms with Crippen LogP contribution in [0.3, 0.4) is 0 Å². The molecule has 0 saturated heterocycles. The molecule has 2 aromatic carbocycles. The number of hydrogen-bond acceptors (Lipinski definition) is 4. The maximum Gasteiger partial charge on any atom is 0.258 e. The van der Waals surface area contributed by atoms with E-state index in [1.165, 1.54) is 5.56 Å². The Bertz CT molecular complexity index is 984. The fourth-order valence-corrected chi connectivity index (χ4v) is 3.05. The van der Waals surface area contributed by atoms with Gasteiger partial charge in [0.05, 0.1) is 18.8 Å². The smallest absolute Gasteiger partial charge is 0.258 e. The van der Waals surface area contributed by atoms with E-state index >= 15 is 0 Å². The standard InChI is InChI=1S/C23H26N4O3/c1-17-21(18(2)27(26-17)15-19-9-5-3-6-10-19)13-24-22(28)14-25-23(29)16-30-20-11-7-4-8-12-20/h3-12H,13-16H2,1-2H3,(H,24,28)(H,25,29). The highest BCUT2D eigenvalue weighted by Crippen LogP contribution is 2.14. The normalized spacial score (nSPS) is 10.5. The quantitative estimate of drug-likeness (QED) is 0.571. The number of nitrogens with zero attached hydrogens (tertiary/aromatic N) is 2. The molecule has 0 bridgehead atoms. The van der Waals surface area contributed by atoms with Gasteiger partial charge in [-0.05, 0) is 31.5 Å². The summed E-state index contributed by atoms with van der Waals surface area (Å²) in [6, 6.07) is 19.2. The zero-order chi connectivity index (χ0) is 21.3. The van der Waals surface area contributed by atoms with Crippen molar-refractivity contribution < 1.29 is 14.3 Å². The van der Waals surface area contributed by atoms with Gasteiger partial charge in [0.1, 0.15) is 5.75 Å². The number of rotatable bonds is 9. The molecule has 3 aromatic rings. The van der Waals surface area contributed by atoms with Crippen molar-refractivity contribution in [2.45, 2.75) is 26.9 Å². The van der Waals surface area contributed by atoms with E-state index in [4.69, 9.17) is 4.74 Å². The molecule has 0 aliphatic heterocycles. The van der Waals surface area contributed by atoms with Crippen LogP contribution in [-0.4, -0.2) is 34.7 Å². The first-order chi connectivity index (χ1) is 14.5. The van der Waals surface area contributed by atoms with Gasteiger partial charge >= 0.3 is 0 Å². The number of amides is 2. The highest BCUT2D eigenvalue weighted by Gasteiger charge is 2.13. The Kier molecular flexibility index (Phi) is 7.21. The SMILES string of the molecule is Cc1nn(Cc2ccccc2)c(C)c1CNC(=O)CNC(=O)COc1ccccc1. The van der Waals surface area contributed by atoms with E-state index in [1.807, 2.05) is 54.9 Å². The minimum atomic E-state index is -0.350. The van der Waals surface area contributed by atoms with Gasteiger partial charge in [-0.3, -0.25) is 14.3 Å². The molecule has 7 heteroatoms. The summed E-state index contributed by atoms with van der Waals surface area (Å²) < 4.78 is 7.30. The van der Waals surface area contributed by atoms with Gasteiger partial charge < -0.3 is 15.4 Å². The molecular formula is C23H26N4O3. The molecule has 3 rings (SSSR count). The van der Waals surface area contributed by atoms with Crippen molar-refractivity contribution in [1.29, 1.82) is 0 Å². The van der Waals surface area contributed by atoms with Crippen LogP contribution >= 0.6 is 0 Å². The fraction of sp³-hybridized carbons (Fsp3) is 0.261. The van der Waals surface area contributed by atoms with E-state index in [9.17, 15) is 9.59 Å². The van der Waals surface area contributed by atoms with Gasteiger partial charge in [-0.25, -0.2) is 0 Å². The van der Waals surface area contributed by atoms with E-state index < -0.39 is 0 Å². The highest BCUT2D eigenvalue weighted by molar-refractivity contribution is 5.85. The van der Waals surface area contributed by atoms with Crippen LogP contribution in [-0.2, 0) is 22.7 Å². The van der Waals surface area contributed by atoms with Crippen LogP contribution in [0.5, 0.6) is 5.75 Å². The molecule has 0 fully saturated rings. The number of aryl methyl sites for hydroxylation is 1. The Labute approximate surface area is 176 Å². The molecular weight excluding hydrogens is 380 g/mol. The maximum atomic E-state index is 12.1. The molecule has 0 radical (unpaired) electrons. The van der Waals surface area contributed by atoms with Crippen LogP contribution in [0.25, 0.3) is 0 Å². The monoisotopic (exact) mass is 406 g/mol. The van der Waals surface area contributed by atoms with E-state index in [0.29, 0.717) is 18.8 Å². The van der Waals surface area contributed by atoms with Crippen molar-refractivity contribution in [1.82, 2.24) is 20.4 Å². The first-order valence-electron chi connectivity index (χ1n) is 9.81. The lowest BCUT2D eigenvalue weighted by atomic mass is 10.2. The van der Waals surface area contributed by atoms with Crippen molar-refractivity contribution in [2.75, 3.05) is 13.2 Å². The lowest BCUT2D eigenvalue weighted by Crippen LogP contribution is -2.38. The van der Waals surface area contributed by atoms with Crippen LogP contribution in [0, 0.1) is 13.8 Å². The van der Waals surface area contributed by atoms with Gasteiger partial charge in [0.25, 0.3) is 5.91 Å². The molecule has 1 aromatic heterocycles. The summed E-state index contributed by atoms with van der Waals surface area (Å²) in [6.45, 7) is 4.72. The molecule has 0 saturated carbocycles. The fourth-order valence-electron chi connectivity index (χ4n) is 3.05. The van der Waals surface area contributed by atoms with Gasteiger partial charge in [0.15, 0.2) is 6.61 Å². The molecule has 156 valence electrons. The zero-order valence-corrected chi connectivity index (χ0v) is 17.2. The summed E-state index contributed by atoms with van der Waals surface area (Å²) in [6.07, 6.45) is 0. The van der Waals surface area contributed by atoms with Gasteiger partial charge in [-0.15, -0.1) is 0 Å². The average molecular weight is 406 g/mol. The lowest BCUT2D eigenvalue weighted by Gasteiger charge is -2.09. The number of benzene rings is 2. The topological polar surface area (TPSA) is 85.3 Å². The minimum Gasteiger partial charge on any atom is -0.484 e. The van der Waals surface area contributed by atoms with Crippen molar-refractivity contribution in [2.24, 2.45) is 0 Å². The largest absolute Gasteiger partial charge is 0.484 e. The van der Waals surface area contributed by atoms with Crippen LogP contribution in [0.4, 0.5) is 0 Å². The van der Waals surface area contributed by atoms with Gasteiger partial charge in [0, 0.05) is 17.8 Å². The molecule has 0 aliphatic rings. The molecule has 1 heterocycles. The van der Waals surface area contributed by atoms with Crippen molar-refractivity contribution in [3.8, 4) is 5.75 Å². The number of hydrogen-bond donors (Lipinski definition) is 2. The molecule has 0 atom stereocenters. The molecule has 7 nitrogen and oxygen atoms in total. The van der Waals surface area contributed by atoms with Crippen molar-refractivity contribution in [3.63, 3.8) is 0 Å². The Morgan fingerprint density at radius 2 is 1.60 bits per heavy atom. The second kappa shape index (κ2) is 10.2. The third kappa shape index (κ3) is 5.94. The predicted molar refractivity (Wildman–Crippen MR) is 114 cm³/mol. The minimum absolute atomic E-state index is 0.104. The van der Waals surface area contributed by atoms with Crippen molar-refractivity contribution >= 4 is 11.8 Å². The predicted octanol–water partition coefficient (Wildman–Crippen LogP) is 2.36. The number of para-hydroxylation sites is 1. The first kappa shape index (κ1) is 21.1. The maximum absolute atomic E-state index is 12.1. The second-order valence-corrected chi connectivity index (χ2v) is 6.95. The van der Waals surface area contributed by atoms with Gasteiger partial charge in [0.2, 0.25) is 5.91 Å². The number of ether oxygens (including phenoxy) is 1. The average Bonchev–Trinajstić information content (AvgIpc) is 3.03. The Morgan fingerprint density at radius 3 is 2.30 bits per heavy atom. The van der Waals surface area contributed by atoms with Crippen molar-refractivity contribution in [3.05, 3.63) is 83.2 Å². The summed E-state index contributed by atoms with van der Waals surface area (Å²) in [5.74, 6) is -0.00900. The summed E-state index contributed by atoms with van der Waals surface area (Å²) in [5.41, 5.74) is 4.04. The Morgan fingerprint density at radius 1 is 0.933 bits per heavy atom. The molecule has 0 unspecified atom stereocenters.